The average Bonchev–Trinajstić information content (AvgIpc) is 3.12. The number of phosphoric ester groups is 1. The van der Waals surface area contributed by atoms with Crippen LogP contribution < -0.4 is 5.73 Å². The maximum Gasteiger partial charge on any atom is 0.490 e. The van der Waals surface area contributed by atoms with Gasteiger partial charge in [-0.25, -0.2) is 18.7 Å². The van der Waals surface area contributed by atoms with Crippen molar-refractivity contribution in [2.75, 3.05) is 12.3 Å². The van der Waals surface area contributed by atoms with E-state index in [2.05, 4.69) is 28.1 Å². The van der Waals surface area contributed by atoms with Crippen LogP contribution in [0.4, 0.5) is 5.82 Å². The topological polar surface area (TPSA) is 279 Å². The Kier molecular flexibility index (Phi) is 7.14. The molecule has 180 valence electrons. The molecule has 8 N–H and O–H groups in total. The largest absolute Gasteiger partial charge is 0.490 e. The number of halogens is 1. The van der Waals surface area contributed by atoms with Gasteiger partial charge in [-0.1, -0.05) is 0 Å². The fourth-order valence-electron chi connectivity index (χ4n) is 2.66. The van der Waals surface area contributed by atoms with Crippen molar-refractivity contribution in [3.63, 3.8) is 0 Å². The van der Waals surface area contributed by atoms with Crippen LogP contribution in [0.15, 0.2) is 6.33 Å². The molecular formula is C10H15ClN5O13P3. The molecule has 3 rings (SSSR count). The van der Waals surface area contributed by atoms with Gasteiger partial charge in [0.05, 0.1) is 12.9 Å². The Bertz CT molecular complexity index is 1160. The lowest BCUT2D eigenvalue weighted by molar-refractivity contribution is -0.0503. The minimum atomic E-state index is -5.72. The third kappa shape index (κ3) is 5.88. The van der Waals surface area contributed by atoms with Gasteiger partial charge in [0.2, 0.25) is 5.28 Å². The quantitative estimate of drug-likeness (QED) is 0.156. The molecule has 0 bridgehead atoms. The molecule has 3 heterocycles. The number of rotatable bonds is 8. The van der Waals surface area contributed by atoms with Crippen molar-refractivity contribution in [1.29, 1.82) is 0 Å². The number of anilines is 1. The van der Waals surface area contributed by atoms with Gasteiger partial charge in [-0.3, -0.25) is 9.09 Å². The van der Waals surface area contributed by atoms with Crippen LogP contribution in [-0.4, -0.2) is 74.2 Å². The number of hydrogen-bond acceptors (Lipinski definition) is 13. The van der Waals surface area contributed by atoms with E-state index in [-0.39, 0.29) is 22.3 Å². The molecule has 3 unspecified atom stereocenters. The number of aliphatic hydroxyl groups excluding tert-OH is 2. The maximum absolute atomic E-state index is 11.8. The van der Waals surface area contributed by atoms with Gasteiger partial charge in [-0.15, -0.1) is 0 Å². The molecule has 0 aliphatic carbocycles. The summed E-state index contributed by atoms with van der Waals surface area (Å²) >= 11 is 5.75. The first kappa shape index (κ1) is 25.6. The first-order valence-corrected chi connectivity index (χ1v) is 12.9. The summed E-state index contributed by atoms with van der Waals surface area (Å²) in [5, 5.41) is 20.2. The van der Waals surface area contributed by atoms with Crippen molar-refractivity contribution < 1.29 is 61.4 Å². The summed E-state index contributed by atoms with van der Waals surface area (Å²) in [5.41, 5.74) is 5.83. The molecular weight excluding hydrogens is 527 g/mol. The van der Waals surface area contributed by atoms with Crippen LogP contribution >= 0.6 is 35.1 Å². The molecule has 6 atom stereocenters. The van der Waals surface area contributed by atoms with Gasteiger partial charge in [0.15, 0.2) is 17.7 Å². The standard InChI is InChI=1S/C10H15ClN5O13P3/c11-10-14-7(12)4-8(15-10)16(2-13-4)9-6(18)5(17)3(27-9)1-26-31(22,23)29-32(24,25)28-30(19,20)21/h2-3,5-6,9,17-18H,1H2,(H,22,23)(H,24,25)(H2,12,14,15)(H2,19,20,21)/t3-,5?,6-,9-/m1/s1. The normalized spacial score (nSPS) is 28.0. The number of nitrogens with two attached hydrogens (primary N) is 1. The SMILES string of the molecule is Nc1nc(Cl)nc2c1ncn2[C@@H]1O[C@H](COP(=O)(O)OP(=O)(O)OP(=O)(O)O)C(O)[C@H]1O. The summed E-state index contributed by atoms with van der Waals surface area (Å²) in [4.78, 5) is 47.2. The smallest absolute Gasteiger partial charge is 0.387 e. The van der Waals surface area contributed by atoms with E-state index < -0.39 is 54.6 Å². The summed E-state index contributed by atoms with van der Waals surface area (Å²) in [6, 6.07) is 0. The second-order valence-corrected chi connectivity index (χ2v) is 10.9. The Morgan fingerprint density at radius 1 is 1.09 bits per heavy atom. The van der Waals surface area contributed by atoms with E-state index in [1.54, 1.807) is 0 Å². The molecule has 1 aliphatic rings. The zero-order chi connectivity index (χ0) is 24.1. The number of imidazole rings is 1. The van der Waals surface area contributed by atoms with E-state index in [4.69, 9.17) is 36.8 Å². The Morgan fingerprint density at radius 2 is 1.75 bits per heavy atom. The number of phosphoric acid groups is 3. The van der Waals surface area contributed by atoms with Crippen LogP contribution in [0.1, 0.15) is 6.23 Å². The van der Waals surface area contributed by atoms with Crippen molar-refractivity contribution in [3.05, 3.63) is 11.6 Å². The fourth-order valence-corrected chi connectivity index (χ4v) is 5.87. The molecule has 32 heavy (non-hydrogen) atoms. The predicted octanol–water partition coefficient (Wildman–Crippen LogP) is -0.976. The lowest BCUT2D eigenvalue weighted by Gasteiger charge is -2.19. The molecule has 1 saturated heterocycles. The fraction of sp³-hybridized carbons (Fsp3) is 0.500. The molecule has 18 nitrogen and oxygen atoms in total. The van der Waals surface area contributed by atoms with Crippen LogP contribution in [0.5, 0.6) is 0 Å². The molecule has 0 aromatic carbocycles. The molecule has 0 saturated carbocycles. The first-order chi connectivity index (χ1) is 14.6. The molecule has 1 aliphatic heterocycles. The highest BCUT2D eigenvalue weighted by atomic mass is 35.5. The highest BCUT2D eigenvalue weighted by Gasteiger charge is 2.47. The molecule has 2 aromatic heterocycles. The van der Waals surface area contributed by atoms with Gasteiger partial charge in [-0.2, -0.15) is 18.6 Å². The van der Waals surface area contributed by atoms with Gasteiger partial charge < -0.3 is 40.3 Å². The molecule has 0 radical (unpaired) electrons. The van der Waals surface area contributed by atoms with Crippen molar-refractivity contribution in [2.24, 2.45) is 0 Å². The summed E-state index contributed by atoms with van der Waals surface area (Å²) in [7, 11) is -16.7. The van der Waals surface area contributed by atoms with Gasteiger partial charge >= 0.3 is 23.5 Å². The van der Waals surface area contributed by atoms with Gasteiger partial charge in [0, 0.05) is 0 Å². The summed E-state index contributed by atoms with van der Waals surface area (Å²) in [6.07, 6.45) is -5.05. The summed E-state index contributed by atoms with van der Waals surface area (Å²) in [5.74, 6) is -0.0732. The average molecular weight is 542 g/mol. The number of ether oxygens (including phenoxy) is 1. The Balaban J connectivity index is 1.72. The lowest BCUT2D eigenvalue weighted by atomic mass is 10.1. The lowest BCUT2D eigenvalue weighted by Crippen LogP contribution is -2.33. The van der Waals surface area contributed by atoms with Crippen molar-refractivity contribution >= 4 is 52.1 Å². The van der Waals surface area contributed by atoms with Crippen molar-refractivity contribution in [2.45, 2.75) is 24.5 Å². The molecule has 0 amide bonds. The first-order valence-electron chi connectivity index (χ1n) is 8.04. The minimum Gasteiger partial charge on any atom is -0.387 e. The van der Waals surface area contributed by atoms with Gasteiger partial charge in [0.25, 0.3) is 0 Å². The maximum atomic E-state index is 11.8. The molecule has 22 heteroatoms. The number of nitrogen functional groups attached to an aromatic ring is 1. The second kappa shape index (κ2) is 8.94. The van der Waals surface area contributed by atoms with E-state index in [1.165, 1.54) is 0 Å². The Labute approximate surface area is 182 Å². The number of aromatic nitrogens is 4. The van der Waals surface area contributed by atoms with E-state index in [9.17, 15) is 28.8 Å². The minimum absolute atomic E-state index is 0.0345. The Morgan fingerprint density at radius 3 is 2.38 bits per heavy atom. The third-order valence-corrected chi connectivity index (χ3v) is 7.82. The number of fused-ring (bicyclic) bond motifs is 1. The molecule has 0 spiro atoms. The summed E-state index contributed by atoms with van der Waals surface area (Å²) in [6.45, 7) is -0.983. The number of nitrogens with zero attached hydrogens (tertiary/aromatic N) is 4. The van der Waals surface area contributed by atoms with Crippen LogP contribution in [0.3, 0.4) is 0 Å². The van der Waals surface area contributed by atoms with E-state index in [0.29, 0.717) is 0 Å². The van der Waals surface area contributed by atoms with E-state index in [1.807, 2.05) is 0 Å². The number of aliphatic hydroxyl groups is 2. The summed E-state index contributed by atoms with van der Waals surface area (Å²) < 4.78 is 51.9. The monoisotopic (exact) mass is 541 g/mol. The highest BCUT2D eigenvalue weighted by Crippen LogP contribution is 2.66. The zero-order valence-corrected chi connectivity index (χ0v) is 18.7. The number of hydrogen-bond donors (Lipinski definition) is 7. The molecule has 2 aromatic rings. The van der Waals surface area contributed by atoms with Gasteiger partial charge in [-0.05, 0) is 11.6 Å². The van der Waals surface area contributed by atoms with Crippen LogP contribution in [0.25, 0.3) is 11.2 Å². The predicted molar refractivity (Wildman–Crippen MR) is 100 cm³/mol. The van der Waals surface area contributed by atoms with Gasteiger partial charge in [0.1, 0.15) is 23.8 Å². The highest BCUT2D eigenvalue weighted by molar-refractivity contribution is 7.66. The van der Waals surface area contributed by atoms with Crippen molar-refractivity contribution in [3.8, 4) is 0 Å². The van der Waals surface area contributed by atoms with Crippen LogP contribution in [0.2, 0.25) is 5.28 Å². The third-order valence-electron chi connectivity index (χ3n) is 3.85. The van der Waals surface area contributed by atoms with Crippen LogP contribution in [-0.2, 0) is 31.6 Å². The van der Waals surface area contributed by atoms with E-state index >= 15 is 0 Å². The molecule has 1 fully saturated rings. The van der Waals surface area contributed by atoms with Crippen LogP contribution in [0, 0.1) is 0 Å². The zero-order valence-electron chi connectivity index (χ0n) is 15.2. The Hall–Kier alpha value is -1.07. The van der Waals surface area contributed by atoms with Crippen molar-refractivity contribution in [1.82, 2.24) is 19.5 Å². The van der Waals surface area contributed by atoms with E-state index in [0.717, 1.165) is 10.9 Å². The second-order valence-electron chi connectivity index (χ2n) is 6.13.